The molecule has 1 aliphatic rings. The largest absolute Gasteiger partial charge is 0.382 e. The average molecular weight is 334 g/mol. The van der Waals surface area contributed by atoms with E-state index < -0.39 is 0 Å². The van der Waals surface area contributed by atoms with Gasteiger partial charge in [-0.3, -0.25) is 0 Å². The van der Waals surface area contributed by atoms with Gasteiger partial charge in [0.2, 0.25) is 0 Å². The quantitative estimate of drug-likeness (QED) is 0.918. The molecule has 0 atom stereocenters. The molecule has 1 N–H and O–H groups in total. The number of fused-ring (bicyclic) bond motifs is 1. The van der Waals surface area contributed by atoms with Crippen LogP contribution in [-0.4, -0.2) is 16.1 Å². The van der Waals surface area contributed by atoms with Crippen molar-refractivity contribution in [1.29, 1.82) is 0 Å². The number of hydrogen-bond donors (Lipinski definition) is 1. The lowest BCUT2D eigenvalue weighted by molar-refractivity contribution is 0.606. The van der Waals surface area contributed by atoms with Crippen LogP contribution in [0.15, 0.2) is 28.7 Å². The number of rotatable bonds is 4. The van der Waals surface area contributed by atoms with Gasteiger partial charge in [0.15, 0.2) is 0 Å². The highest BCUT2D eigenvalue weighted by Crippen LogP contribution is 2.23. The molecule has 3 nitrogen and oxygen atoms in total. The molecular formula is C16H20BrN3. The summed E-state index contributed by atoms with van der Waals surface area (Å²) >= 11 is 3.57. The third kappa shape index (κ3) is 2.75. The van der Waals surface area contributed by atoms with E-state index in [1.165, 1.54) is 30.7 Å². The normalized spacial score (nSPS) is 14.1. The number of halogens is 1. The monoisotopic (exact) mass is 333 g/mol. The molecule has 106 valence electrons. The topological polar surface area (TPSA) is 29.9 Å². The molecule has 0 saturated heterocycles. The van der Waals surface area contributed by atoms with Gasteiger partial charge < -0.3 is 9.88 Å². The van der Waals surface area contributed by atoms with Crippen LogP contribution in [0.25, 0.3) is 0 Å². The molecule has 0 fully saturated rings. The first-order chi connectivity index (χ1) is 9.75. The molecule has 0 unspecified atom stereocenters. The SMILES string of the molecule is Cc1nc2c(n1CCNc1ccccc1Br)CCCC2. The van der Waals surface area contributed by atoms with Gasteiger partial charge in [-0.15, -0.1) is 0 Å². The zero-order valence-corrected chi connectivity index (χ0v) is 13.4. The van der Waals surface area contributed by atoms with Crippen molar-refractivity contribution in [2.45, 2.75) is 39.2 Å². The van der Waals surface area contributed by atoms with Crippen molar-refractivity contribution >= 4 is 21.6 Å². The van der Waals surface area contributed by atoms with Gasteiger partial charge in [0.1, 0.15) is 5.82 Å². The second-order valence-electron chi connectivity index (χ2n) is 5.32. The summed E-state index contributed by atoms with van der Waals surface area (Å²) in [4.78, 5) is 4.72. The zero-order valence-electron chi connectivity index (χ0n) is 11.8. The third-order valence-corrected chi connectivity index (χ3v) is 4.64. The van der Waals surface area contributed by atoms with E-state index in [1.54, 1.807) is 0 Å². The van der Waals surface area contributed by atoms with E-state index in [0.29, 0.717) is 0 Å². The van der Waals surface area contributed by atoms with Crippen molar-refractivity contribution in [2.24, 2.45) is 0 Å². The van der Waals surface area contributed by atoms with E-state index >= 15 is 0 Å². The summed E-state index contributed by atoms with van der Waals surface area (Å²) < 4.78 is 3.50. The molecule has 1 aromatic carbocycles. The van der Waals surface area contributed by atoms with E-state index in [9.17, 15) is 0 Å². The molecular weight excluding hydrogens is 314 g/mol. The number of aromatic nitrogens is 2. The number of nitrogens with zero attached hydrogens (tertiary/aromatic N) is 2. The lowest BCUT2D eigenvalue weighted by Gasteiger charge is -2.15. The Labute approximate surface area is 128 Å². The predicted octanol–water partition coefficient (Wildman–Crippen LogP) is 3.94. The Kier molecular flexibility index (Phi) is 4.10. The van der Waals surface area contributed by atoms with Crippen LogP contribution in [-0.2, 0) is 19.4 Å². The highest BCUT2D eigenvalue weighted by Gasteiger charge is 2.17. The number of anilines is 1. The first-order valence-corrected chi connectivity index (χ1v) is 8.08. The van der Waals surface area contributed by atoms with Crippen molar-refractivity contribution < 1.29 is 0 Å². The summed E-state index contributed by atoms with van der Waals surface area (Å²) in [6.45, 7) is 4.03. The van der Waals surface area contributed by atoms with Gasteiger partial charge in [-0.05, 0) is 60.7 Å². The van der Waals surface area contributed by atoms with Crippen molar-refractivity contribution in [3.8, 4) is 0 Å². The van der Waals surface area contributed by atoms with Gasteiger partial charge in [-0.25, -0.2) is 4.98 Å². The Balaban J connectivity index is 1.67. The molecule has 0 spiro atoms. The lowest BCUT2D eigenvalue weighted by atomic mass is 10.0. The van der Waals surface area contributed by atoms with Crippen LogP contribution in [0.1, 0.15) is 30.1 Å². The second kappa shape index (κ2) is 6.00. The number of nitrogens with one attached hydrogen (secondary N) is 1. The predicted molar refractivity (Wildman–Crippen MR) is 86.2 cm³/mol. The number of imidazole rings is 1. The maximum Gasteiger partial charge on any atom is 0.106 e. The maximum atomic E-state index is 4.72. The Bertz CT molecular complexity index is 604. The average Bonchev–Trinajstić information content (AvgIpc) is 2.77. The molecule has 0 saturated carbocycles. The van der Waals surface area contributed by atoms with E-state index in [-0.39, 0.29) is 0 Å². The first kappa shape index (κ1) is 13.7. The number of para-hydroxylation sites is 1. The summed E-state index contributed by atoms with van der Waals surface area (Å²) in [5.41, 5.74) is 3.94. The molecule has 1 aromatic heterocycles. The van der Waals surface area contributed by atoms with E-state index in [0.717, 1.165) is 35.5 Å². The molecule has 3 rings (SSSR count). The fraction of sp³-hybridized carbons (Fsp3) is 0.438. The zero-order chi connectivity index (χ0) is 13.9. The minimum absolute atomic E-state index is 0.923. The Morgan fingerprint density at radius 1 is 1.25 bits per heavy atom. The number of aryl methyl sites for hydroxylation is 2. The maximum absolute atomic E-state index is 4.72. The van der Waals surface area contributed by atoms with Crippen LogP contribution in [0.2, 0.25) is 0 Å². The third-order valence-electron chi connectivity index (χ3n) is 3.95. The van der Waals surface area contributed by atoms with Gasteiger partial charge in [-0.2, -0.15) is 0 Å². The first-order valence-electron chi connectivity index (χ1n) is 7.29. The Morgan fingerprint density at radius 2 is 2.05 bits per heavy atom. The van der Waals surface area contributed by atoms with Gasteiger partial charge in [-0.1, -0.05) is 12.1 Å². The standard InChI is InChI=1S/C16H20BrN3/c1-12-19-15-8-4-5-9-16(15)20(12)11-10-18-14-7-3-2-6-13(14)17/h2-3,6-7,18H,4-5,8-11H2,1H3. The van der Waals surface area contributed by atoms with Crippen LogP contribution < -0.4 is 5.32 Å². The molecule has 1 aliphatic carbocycles. The van der Waals surface area contributed by atoms with E-state index in [4.69, 9.17) is 4.98 Å². The second-order valence-corrected chi connectivity index (χ2v) is 6.17. The molecule has 1 heterocycles. The van der Waals surface area contributed by atoms with Gasteiger partial charge in [0, 0.05) is 28.9 Å². The highest BCUT2D eigenvalue weighted by atomic mass is 79.9. The fourth-order valence-electron chi connectivity index (χ4n) is 2.94. The fourth-order valence-corrected chi connectivity index (χ4v) is 3.36. The summed E-state index contributed by atoms with van der Waals surface area (Å²) in [7, 11) is 0. The van der Waals surface area contributed by atoms with Crippen molar-refractivity contribution in [3.63, 3.8) is 0 Å². The minimum Gasteiger partial charge on any atom is -0.382 e. The van der Waals surface area contributed by atoms with Crippen LogP contribution in [0, 0.1) is 6.92 Å². The molecule has 20 heavy (non-hydrogen) atoms. The van der Waals surface area contributed by atoms with E-state index in [1.807, 2.05) is 6.07 Å². The number of benzene rings is 1. The molecule has 0 bridgehead atoms. The molecule has 0 radical (unpaired) electrons. The van der Waals surface area contributed by atoms with Crippen molar-refractivity contribution in [1.82, 2.24) is 9.55 Å². The van der Waals surface area contributed by atoms with Crippen LogP contribution >= 0.6 is 15.9 Å². The van der Waals surface area contributed by atoms with Crippen molar-refractivity contribution in [3.05, 3.63) is 46.0 Å². The van der Waals surface area contributed by atoms with Gasteiger partial charge in [0.25, 0.3) is 0 Å². The molecule has 2 aromatic rings. The van der Waals surface area contributed by atoms with Crippen LogP contribution in [0.4, 0.5) is 5.69 Å². The van der Waals surface area contributed by atoms with Crippen molar-refractivity contribution in [2.75, 3.05) is 11.9 Å². The van der Waals surface area contributed by atoms with Gasteiger partial charge >= 0.3 is 0 Å². The Morgan fingerprint density at radius 3 is 2.90 bits per heavy atom. The molecule has 0 amide bonds. The number of hydrogen-bond acceptors (Lipinski definition) is 2. The summed E-state index contributed by atoms with van der Waals surface area (Å²) in [6.07, 6.45) is 4.93. The molecule has 0 aliphatic heterocycles. The van der Waals surface area contributed by atoms with E-state index in [2.05, 4.69) is 50.9 Å². The smallest absolute Gasteiger partial charge is 0.106 e. The highest BCUT2D eigenvalue weighted by molar-refractivity contribution is 9.10. The minimum atomic E-state index is 0.923. The summed E-state index contributed by atoms with van der Waals surface area (Å²) in [6, 6.07) is 8.25. The van der Waals surface area contributed by atoms with Crippen LogP contribution in [0.5, 0.6) is 0 Å². The summed E-state index contributed by atoms with van der Waals surface area (Å²) in [5, 5.41) is 3.49. The Hall–Kier alpha value is -1.29. The van der Waals surface area contributed by atoms with Gasteiger partial charge in [0.05, 0.1) is 5.69 Å². The van der Waals surface area contributed by atoms with Crippen LogP contribution in [0.3, 0.4) is 0 Å². The lowest BCUT2D eigenvalue weighted by Crippen LogP contribution is -2.15. The molecule has 4 heteroatoms. The summed E-state index contributed by atoms with van der Waals surface area (Å²) in [5.74, 6) is 1.16.